The monoisotopic (exact) mass is 489 g/mol. The molecule has 0 spiro atoms. The van der Waals surface area contributed by atoms with E-state index in [0.29, 0.717) is 6.33 Å². The summed E-state index contributed by atoms with van der Waals surface area (Å²) in [6, 6.07) is 6.91. The van der Waals surface area contributed by atoms with E-state index in [4.69, 9.17) is 21.6 Å². The molecule has 1 unspecified atom stereocenters. The lowest BCUT2D eigenvalue weighted by Crippen LogP contribution is -2.33. The van der Waals surface area contributed by atoms with Crippen molar-refractivity contribution in [1.29, 1.82) is 5.26 Å². The van der Waals surface area contributed by atoms with Gasteiger partial charge in [-0.2, -0.15) is 28.5 Å². The van der Waals surface area contributed by atoms with Crippen LogP contribution in [0.25, 0.3) is 0 Å². The van der Waals surface area contributed by atoms with Crippen molar-refractivity contribution < 1.29 is 22.7 Å². The number of carbonyl (C=O) groups excluding carboxylic acids is 1. The Kier molecular flexibility index (Phi) is 5.99. The van der Waals surface area contributed by atoms with Crippen molar-refractivity contribution in [2.45, 2.75) is 12.7 Å². The van der Waals surface area contributed by atoms with Gasteiger partial charge in [0.1, 0.15) is 5.75 Å². The van der Waals surface area contributed by atoms with E-state index in [2.05, 4.69) is 20.1 Å². The molecule has 3 heterocycles. The standard InChI is InChI=1S/C20H11ClF3N7O3/c21-13-4-11(7-25)5-14(6-13)34-15-16(20(22,23)24)27-10-30(18(15)33)9-12-8-26-19(29-17(12)32)31-3-1-2-28-31/h1-6,8,10,12H,9H2. The van der Waals surface area contributed by atoms with Gasteiger partial charge in [0.25, 0.3) is 17.4 Å². The number of carbonyl (C=O) groups is 1. The maximum absolute atomic E-state index is 13.5. The summed E-state index contributed by atoms with van der Waals surface area (Å²) in [7, 11) is 0. The number of aromatic nitrogens is 4. The van der Waals surface area contributed by atoms with E-state index < -0.39 is 41.5 Å². The zero-order valence-corrected chi connectivity index (χ0v) is 17.5. The number of hydrogen-bond donors (Lipinski definition) is 0. The molecule has 0 fully saturated rings. The Morgan fingerprint density at radius 3 is 2.68 bits per heavy atom. The minimum absolute atomic E-state index is 0.00224. The van der Waals surface area contributed by atoms with Crippen molar-refractivity contribution in [2.75, 3.05) is 0 Å². The highest BCUT2D eigenvalue weighted by molar-refractivity contribution is 6.30. The van der Waals surface area contributed by atoms with Crippen LogP contribution in [-0.2, 0) is 17.5 Å². The second-order valence-electron chi connectivity index (χ2n) is 6.85. The van der Waals surface area contributed by atoms with Crippen molar-refractivity contribution in [2.24, 2.45) is 15.9 Å². The highest BCUT2D eigenvalue weighted by atomic mass is 35.5. The minimum Gasteiger partial charge on any atom is -0.449 e. The highest BCUT2D eigenvalue weighted by Crippen LogP contribution is 2.35. The van der Waals surface area contributed by atoms with Gasteiger partial charge in [0.2, 0.25) is 5.75 Å². The van der Waals surface area contributed by atoms with Crippen LogP contribution in [0.4, 0.5) is 13.2 Å². The van der Waals surface area contributed by atoms with Crippen LogP contribution < -0.4 is 10.3 Å². The molecule has 34 heavy (non-hydrogen) atoms. The van der Waals surface area contributed by atoms with Crippen molar-refractivity contribution in [3.63, 3.8) is 0 Å². The number of nitriles is 1. The Morgan fingerprint density at radius 1 is 1.24 bits per heavy atom. The van der Waals surface area contributed by atoms with E-state index in [1.165, 1.54) is 29.4 Å². The lowest BCUT2D eigenvalue weighted by molar-refractivity contribution is -0.142. The molecular weight excluding hydrogens is 479 g/mol. The summed E-state index contributed by atoms with van der Waals surface area (Å²) in [5.74, 6) is -3.12. The third-order valence-corrected chi connectivity index (χ3v) is 4.70. The van der Waals surface area contributed by atoms with E-state index in [9.17, 15) is 22.8 Å². The molecule has 1 aromatic carbocycles. The molecule has 0 saturated carbocycles. The molecule has 1 aliphatic rings. The van der Waals surface area contributed by atoms with Crippen LogP contribution in [0.5, 0.6) is 11.5 Å². The fourth-order valence-corrected chi connectivity index (χ4v) is 3.19. The largest absolute Gasteiger partial charge is 0.449 e. The van der Waals surface area contributed by atoms with Gasteiger partial charge in [0.15, 0.2) is 5.69 Å². The molecule has 2 aromatic heterocycles. The number of halogens is 4. The van der Waals surface area contributed by atoms with Gasteiger partial charge in [-0.1, -0.05) is 11.6 Å². The maximum Gasteiger partial charge on any atom is 0.437 e. The van der Waals surface area contributed by atoms with Gasteiger partial charge in [-0.25, -0.2) is 14.7 Å². The Hall–Kier alpha value is -4.31. The smallest absolute Gasteiger partial charge is 0.437 e. The molecule has 0 bridgehead atoms. The van der Waals surface area contributed by atoms with E-state index in [0.717, 1.165) is 16.7 Å². The van der Waals surface area contributed by atoms with E-state index in [1.807, 2.05) is 0 Å². The predicted molar refractivity (Wildman–Crippen MR) is 112 cm³/mol. The van der Waals surface area contributed by atoms with Gasteiger partial charge in [-0.3, -0.25) is 14.2 Å². The summed E-state index contributed by atoms with van der Waals surface area (Å²) in [5, 5.41) is 13.0. The normalized spacial score (nSPS) is 15.7. The van der Waals surface area contributed by atoms with Gasteiger partial charge in [-0.15, -0.1) is 0 Å². The first-order valence-corrected chi connectivity index (χ1v) is 9.75. The molecular formula is C20H11ClF3N7O3. The zero-order valence-electron chi connectivity index (χ0n) is 16.8. The van der Waals surface area contributed by atoms with Crippen LogP contribution in [0.3, 0.4) is 0 Å². The van der Waals surface area contributed by atoms with Crippen molar-refractivity contribution in [3.8, 4) is 17.6 Å². The molecule has 4 rings (SSSR count). The lowest BCUT2D eigenvalue weighted by Gasteiger charge is -2.17. The van der Waals surface area contributed by atoms with E-state index in [1.54, 1.807) is 12.1 Å². The van der Waals surface area contributed by atoms with Crippen molar-refractivity contribution in [1.82, 2.24) is 19.3 Å². The number of benzene rings is 1. The van der Waals surface area contributed by atoms with E-state index >= 15 is 0 Å². The lowest BCUT2D eigenvalue weighted by atomic mass is 10.1. The minimum atomic E-state index is -5.02. The van der Waals surface area contributed by atoms with Gasteiger partial charge >= 0.3 is 6.18 Å². The van der Waals surface area contributed by atoms with Crippen LogP contribution in [0.2, 0.25) is 5.02 Å². The fraction of sp³-hybridized carbons (Fsp3) is 0.150. The van der Waals surface area contributed by atoms with Gasteiger partial charge in [0, 0.05) is 30.2 Å². The SMILES string of the molecule is N#Cc1cc(Cl)cc(Oc2c(C(F)(F)F)ncn(CC3C=NC(n4cccn4)=NC3=O)c2=O)c1. The van der Waals surface area contributed by atoms with Crippen LogP contribution in [0.1, 0.15) is 11.3 Å². The first-order valence-electron chi connectivity index (χ1n) is 9.37. The fourth-order valence-electron chi connectivity index (χ4n) is 2.96. The van der Waals surface area contributed by atoms with Crippen molar-refractivity contribution in [3.05, 3.63) is 69.6 Å². The van der Waals surface area contributed by atoms with Crippen molar-refractivity contribution >= 4 is 29.7 Å². The number of nitrogens with zero attached hydrogens (tertiary/aromatic N) is 7. The molecule has 1 amide bonds. The Morgan fingerprint density at radius 2 is 2.03 bits per heavy atom. The quantitative estimate of drug-likeness (QED) is 0.554. The molecule has 10 nitrogen and oxygen atoms in total. The molecule has 0 N–H and O–H groups in total. The number of aliphatic imine (C=N–C) groups is 2. The first-order chi connectivity index (χ1) is 16.2. The zero-order chi connectivity index (χ0) is 24.5. The number of amides is 1. The Balaban J connectivity index is 1.67. The molecule has 172 valence electrons. The van der Waals surface area contributed by atoms with Gasteiger partial charge in [-0.05, 0) is 24.3 Å². The number of rotatable bonds is 4. The average Bonchev–Trinajstić information content (AvgIpc) is 3.31. The third kappa shape index (κ3) is 4.71. The molecule has 0 saturated heterocycles. The molecule has 1 aliphatic heterocycles. The summed E-state index contributed by atoms with van der Waals surface area (Å²) in [6.07, 6.45) is -0.165. The predicted octanol–water partition coefficient (Wildman–Crippen LogP) is 2.91. The molecule has 3 aromatic rings. The van der Waals surface area contributed by atoms with Crippen LogP contribution >= 0.6 is 11.6 Å². The molecule has 0 radical (unpaired) electrons. The van der Waals surface area contributed by atoms with Crippen LogP contribution in [-0.4, -0.2) is 37.4 Å². The van der Waals surface area contributed by atoms with Crippen LogP contribution in [0.15, 0.2) is 57.8 Å². The molecule has 0 aliphatic carbocycles. The highest BCUT2D eigenvalue weighted by Gasteiger charge is 2.39. The second-order valence-corrected chi connectivity index (χ2v) is 7.29. The van der Waals surface area contributed by atoms with Gasteiger partial charge in [0.05, 0.1) is 23.9 Å². The molecule has 1 atom stereocenters. The summed E-state index contributed by atoms with van der Waals surface area (Å²) in [4.78, 5) is 36.5. The van der Waals surface area contributed by atoms with Gasteiger partial charge < -0.3 is 4.74 Å². The van der Waals surface area contributed by atoms with Crippen LogP contribution in [0, 0.1) is 17.2 Å². The topological polar surface area (TPSA) is 128 Å². The summed E-state index contributed by atoms with van der Waals surface area (Å²) < 4.78 is 47.8. The summed E-state index contributed by atoms with van der Waals surface area (Å²) in [6.45, 7) is -0.391. The Labute approximate surface area is 193 Å². The third-order valence-electron chi connectivity index (χ3n) is 4.49. The summed E-state index contributed by atoms with van der Waals surface area (Å²) >= 11 is 5.87. The Bertz CT molecular complexity index is 1420. The molecule has 14 heteroatoms. The number of ether oxygens (including phenoxy) is 1. The second kappa shape index (κ2) is 8.91. The summed E-state index contributed by atoms with van der Waals surface area (Å²) in [5.41, 5.74) is -2.77. The average molecular weight is 490 g/mol. The first kappa shape index (κ1) is 22.9. The van der Waals surface area contributed by atoms with E-state index in [-0.39, 0.29) is 22.3 Å². The number of alkyl halides is 3. The maximum atomic E-state index is 13.5. The number of hydrogen-bond acceptors (Lipinski definition) is 7.